The summed E-state index contributed by atoms with van der Waals surface area (Å²) in [7, 11) is 2.19. The van der Waals surface area contributed by atoms with Gasteiger partial charge < -0.3 is 10.6 Å². The van der Waals surface area contributed by atoms with Gasteiger partial charge in [-0.3, -0.25) is 9.69 Å². The number of carbonyl (C=O) groups excluding carboxylic acids is 1. The van der Waals surface area contributed by atoms with Crippen LogP contribution in [-0.2, 0) is 4.79 Å². The summed E-state index contributed by atoms with van der Waals surface area (Å²) in [5.41, 5.74) is 5.93. The molecule has 98 valence electrons. The van der Waals surface area contributed by atoms with Crippen LogP contribution in [0.3, 0.4) is 0 Å². The topological polar surface area (TPSA) is 49.6 Å². The molecule has 0 radical (unpaired) electrons. The Kier molecular flexibility index (Phi) is 3.73. The van der Waals surface area contributed by atoms with Gasteiger partial charge in [-0.1, -0.05) is 13.8 Å². The third kappa shape index (κ3) is 2.80. The predicted molar refractivity (Wildman–Crippen MR) is 68.6 cm³/mol. The first kappa shape index (κ1) is 12.8. The molecular weight excluding hydrogens is 214 g/mol. The zero-order valence-electron chi connectivity index (χ0n) is 11.2. The van der Waals surface area contributed by atoms with Crippen molar-refractivity contribution in [2.24, 2.45) is 11.7 Å². The minimum absolute atomic E-state index is 0.131. The molecule has 1 amide bonds. The summed E-state index contributed by atoms with van der Waals surface area (Å²) >= 11 is 0. The lowest BCUT2D eigenvalue weighted by atomic mass is 10.0. The van der Waals surface area contributed by atoms with Crippen LogP contribution in [0.1, 0.15) is 33.1 Å². The average molecular weight is 239 g/mol. The second kappa shape index (κ2) is 4.94. The van der Waals surface area contributed by atoms with Crippen molar-refractivity contribution < 1.29 is 4.79 Å². The van der Waals surface area contributed by atoms with Crippen LogP contribution >= 0.6 is 0 Å². The maximum absolute atomic E-state index is 12.1. The molecule has 17 heavy (non-hydrogen) atoms. The number of carbonyl (C=O) groups is 1. The normalized spacial score (nSPS) is 26.9. The Labute approximate surface area is 104 Å². The minimum Gasteiger partial charge on any atom is -0.340 e. The van der Waals surface area contributed by atoms with E-state index in [0.29, 0.717) is 6.04 Å². The fourth-order valence-electron chi connectivity index (χ4n) is 2.55. The van der Waals surface area contributed by atoms with Gasteiger partial charge in [0.25, 0.3) is 0 Å². The summed E-state index contributed by atoms with van der Waals surface area (Å²) in [6, 6.07) is 0.986. The van der Waals surface area contributed by atoms with Gasteiger partial charge in [-0.2, -0.15) is 0 Å². The van der Waals surface area contributed by atoms with E-state index in [-0.39, 0.29) is 17.9 Å². The molecule has 2 fully saturated rings. The molecule has 0 aromatic carbocycles. The first-order valence-electron chi connectivity index (χ1n) is 6.77. The van der Waals surface area contributed by atoms with Crippen LogP contribution in [0.2, 0.25) is 0 Å². The molecule has 1 heterocycles. The van der Waals surface area contributed by atoms with E-state index in [1.807, 2.05) is 18.7 Å². The molecule has 0 bridgehead atoms. The van der Waals surface area contributed by atoms with Gasteiger partial charge in [0.1, 0.15) is 0 Å². The van der Waals surface area contributed by atoms with E-state index in [1.54, 1.807) is 0 Å². The number of hydrogen-bond donors (Lipinski definition) is 1. The van der Waals surface area contributed by atoms with E-state index in [1.165, 1.54) is 12.8 Å². The maximum Gasteiger partial charge on any atom is 0.239 e. The molecule has 1 aliphatic carbocycles. The van der Waals surface area contributed by atoms with Gasteiger partial charge in [-0.05, 0) is 32.2 Å². The van der Waals surface area contributed by atoms with Crippen LogP contribution in [0.4, 0.5) is 0 Å². The molecule has 4 nitrogen and oxygen atoms in total. The first-order chi connectivity index (χ1) is 8.00. The summed E-state index contributed by atoms with van der Waals surface area (Å²) in [5.74, 6) is 0.356. The third-order valence-electron chi connectivity index (χ3n) is 4.18. The van der Waals surface area contributed by atoms with Crippen LogP contribution in [0.15, 0.2) is 0 Å². The molecule has 1 saturated heterocycles. The van der Waals surface area contributed by atoms with Gasteiger partial charge in [-0.25, -0.2) is 0 Å². The van der Waals surface area contributed by atoms with Crippen LogP contribution in [0, 0.1) is 5.92 Å². The Hall–Kier alpha value is -0.610. The van der Waals surface area contributed by atoms with Crippen LogP contribution < -0.4 is 5.73 Å². The fraction of sp³-hybridized carbons (Fsp3) is 0.923. The van der Waals surface area contributed by atoms with Crippen molar-refractivity contribution in [1.82, 2.24) is 9.80 Å². The summed E-state index contributed by atoms with van der Waals surface area (Å²) in [4.78, 5) is 16.5. The standard InChI is InChI=1S/C13H25N3O/c1-9(2)12(14)13(17)16-7-6-11(8-16)15(3)10-4-5-10/h9-12H,4-8,14H2,1-3H3/t11?,12-/m0/s1. The zero-order valence-corrected chi connectivity index (χ0v) is 11.2. The molecular formula is C13H25N3O. The molecule has 2 rings (SSSR count). The highest BCUT2D eigenvalue weighted by molar-refractivity contribution is 5.82. The van der Waals surface area contributed by atoms with Crippen molar-refractivity contribution in [3.63, 3.8) is 0 Å². The van der Waals surface area contributed by atoms with E-state index in [4.69, 9.17) is 5.73 Å². The van der Waals surface area contributed by atoms with Gasteiger partial charge in [0.15, 0.2) is 0 Å². The average Bonchev–Trinajstić information content (AvgIpc) is 3.03. The van der Waals surface area contributed by atoms with Crippen molar-refractivity contribution in [2.75, 3.05) is 20.1 Å². The lowest BCUT2D eigenvalue weighted by molar-refractivity contribution is -0.132. The number of likely N-dealkylation sites (N-methyl/N-ethyl adjacent to an activating group) is 1. The maximum atomic E-state index is 12.1. The van der Waals surface area contributed by atoms with Crippen LogP contribution in [0.5, 0.6) is 0 Å². The van der Waals surface area contributed by atoms with E-state index in [9.17, 15) is 4.79 Å². The Morgan fingerprint density at radius 3 is 2.47 bits per heavy atom. The van der Waals surface area contributed by atoms with Gasteiger partial charge >= 0.3 is 0 Å². The zero-order chi connectivity index (χ0) is 12.6. The molecule has 1 unspecified atom stereocenters. The molecule has 0 aromatic heterocycles. The highest BCUT2D eigenvalue weighted by Gasteiger charge is 2.37. The van der Waals surface area contributed by atoms with E-state index < -0.39 is 0 Å². The predicted octanol–water partition coefficient (Wildman–Crippen LogP) is 0.665. The molecule has 2 atom stereocenters. The molecule has 2 aliphatic rings. The smallest absolute Gasteiger partial charge is 0.239 e. The van der Waals surface area contributed by atoms with Gasteiger partial charge in [0, 0.05) is 25.2 Å². The molecule has 0 aromatic rings. The molecule has 1 saturated carbocycles. The van der Waals surface area contributed by atoms with E-state index >= 15 is 0 Å². The quantitative estimate of drug-likeness (QED) is 0.784. The van der Waals surface area contributed by atoms with Gasteiger partial charge in [0.2, 0.25) is 5.91 Å². The molecule has 0 spiro atoms. The summed E-state index contributed by atoms with van der Waals surface area (Å²) < 4.78 is 0. The van der Waals surface area contributed by atoms with Crippen LogP contribution in [-0.4, -0.2) is 54.0 Å². The monoisotopic (exact) mass is 239 g/mol. The largest absolute Gasteiger partial charge is 0.340 e. The van der Waals surface area contributed by atoms with Crippen molar-refractivity contribution in [3.05, 3.63) is 0 Å². The second-order valence-corrected chi connectivity index (χ2v) is 5.89. The van der Waals surface area contributed by atoms with Crippen molar-refractivity contribution in [2.45, 2.75) is 51.2 Å². The molecule has 2 N–H and O–H groups in total. The number of likely N-dealkylation sites (tertiary alicyclic amines) is 1. The third-order valence-corrected chi connectivity index (χ3v) is 4.18. The van der Waals surface area contributed by atoms with Crippen LogP contribution in [0.25, 0.3) is 0 Å². The Morgan fingerprint density at radius 2 is 1.94 bits per heavy atom. The molecule has 1 aliphatic heterocycles. The van der Waals surface area contributed by atoms with Crippen molar-refractivity contribution in [3.8, 4) is 0 Å². The summed E-state index contributed by atoms with van der Waals surface area (Å²) in [6.45, 7) is 5.76. The Morgan fingerprint density at radius 1 is 1.29 bits per heavy atom. The van der Waals surface area contributed by atoms with E-state index in [0.717, 1.165) is 25.6 Å². The van der Waals surface area contributed by atoms with Gasteiger partial charge in [0.05, 0.1) is 6.04 Å². The number of nitrogens with zero attached hydrogens (tertiary/aromatic N) is 2. The Balaban J connectivity index is 1.86. The van der Waals surface area contributed by atoms with Crippen molar-refractivity contribution >= 4 is 5.91 Å². The first-order valence-corrected chi connectivity index (χ1v) is 6.77. The van der Waals surface area contributed by atoms with Gasteiger partial charge in [-0.15, -0.1) is 0 Å². The minimum atomic E-state index is -0.333. The number of hydrogen-bond acceptors (Lipinski definition) is 3. The summed E-state index contributed by atoms with van der Waals surface area (Å²) in [5, 5.41) is 0. The van der Waals surface area contributed by atoms with E-state index in [2.05, 4.69) is 11.9 Å². The number of nitrogens with two attached hydrogens (primary N) is 1. The second-order valence-electron chi connectivity index (χ2n) is 5.89. The summed E-state index contributed by atoms with van der Waals surface area (Å²) in [6.07, 6.45) is 3.75. The molecule has 4 heteroatoms. The Bertz CT molecular complexity index is 288. The number of amides is 1. The highest BCUT2D eigenvalue weighted by atomic mass is 16.2. The lowest BCUT2D eigenvalue weighted by Gasteiger charge is -2.26. The number of rotatable bonds is 4. The highest BCUT2D eigenvalue weighted by Crippen LogP contribution is 2.30. The lowest BCUT2D eigenvalue weighted by Crippen LogP contribution is -2.46. The SMILES string of the molecule is CC(C)[C@H](N)C(=O)N1CCC(N(C)C2CC2)C1. The fourth-order valence-corrected chi connectivity index (χ4v) is 2.55. The van der Waals surface area contributed by atoms with Crippen molar-refractivity contribution in [1.29, 1.82) is 0 Å².